The SMILES string of the molecule is CCNC(=O)N1CCN(CC2CCNCC2)CC1. The van der Waals surface area contributed by atoms with Crippen LogP contribution >= 0.6 is 0 Å². The van der Waals surface area contributed by atoms with E-state index in [0.29, 0.717) is 6.54 Å². The Labute approximate surface area is 110 Å². The van der Waals surface area contributed by atoms with Crippen molar-refractivity contribution >= 4 is 6.03 Å². The Morgan fingerprint density at radius 2 is 1.89 bits per heavy atom. The van der Waals surface area contributed by atoms with Crippen molar-refractivity contribution in [1.29, 1.82) is 0 Å². The minimum atomic E-state index is 0.0963. The lowest BCUT2D eigenvalue weighted by Crippen LogP contribution is -2.52. The van der Waals surface area contributed by atoms with Crippen LogP contribution in [0.25, 0.3) is 0 Å². The normalized spacial score (nSPS) is 23.1. The lowest BCUT2D eigenvalue weighted by atomic mass is 9.97. The van der Waals surface area contributed by atoms with E-state index in [9.17, 15) is 4.79 Å². The second-order valence-corrected chi connectivity index (χ2v) is 5.32. The number of piperidine rings is 1. The summed E-state index contributed by atoms with van der Waals surface area (Å²) in [4.78, 5) is 16.1. The van der Waals surface area contributed by atoms with E-state index in [1.54, 1.807) is 0 Å². The second kappa shape index (κ2) is 6.95. The Morgan fingerprint density at radius 1 is 1.22 bits per heavy atom. The van der Waals surface area contributed by atoms with Crippen molar-refractivity contribution in [3.05, 3.63) is 0 Å². The zero-order valence-electron chi connectivity index (χ0n) is 11.5. The van der Waals surface area contributed by atoms with Crippen LogP contribution in [0.5, 0.6) is 0 Å². The summed E-state index contributed by atoms with van der Waals surface area (Å²) in [5.41, 5.74) is 0. The molecule has 0 aliphatic carbocycles. The Bertz CT molecular complexity index is 258. The summed E-state index contributed by atoms with van der Waals surface area (Å²) >= 11 is 0. The largest absolute Gasteiger partial charge is 0.338 e. The van der Waals surface area contributed by atoms with Crippen LogP contribution in [-0.4, -0.2) is 68.2 Å². The Kier molecular flexibility index (Phi) is 5.26. The van der Waals surface area contributed by atoms with E-state index >= 15 is 0 Å². The predicted octanol–water partition coefficient (Wildman–Crippen LogP) is 0.333. The fourth-order valence-electron chi connectivity index (χ4n) is 2.83. The van der Waals surface area contributed by atoms with Crippen molar-refractivity contribution in [3.8, 4) is 0 Å². The first kappa shape index (κ1) is 13.6. The van der Waals surface area contributed by atoms with Crippen LogP contribution in [0, 0.1) is 5.92 Å². The van der Waals surface area contributed by atoms with Crippen LogP contribution < -0.4 is 10.6 Å². The van der Waals surface area contributed by atoms with Gasteiger partial charge in [-0.05, 0) is 38.8 Å². The molecule has 0 aromatic carbocycles. The van der Waals surface area contributed by atoms with Crippen molar-refractivity contribution in [3.63, 3.8) is 0 Å². The van der Waals surface area contributed by atoms with Gasteiger partial charge in [0, 0.05) is 39.3 Å². The van der Waals surface area contributed by atoms with Gasteiger partial charge in [-0.1, -0.05) is 0 Å². The molecule has 5 nitrogen and oxygen atoms in total. The van der Waals surface area contributed by atoms with Crippen LogP contribution in [0.3, 0.4) is 0 Å². The van der Waals surface area contributed by atoms with Gasteiger partial charge in [0.25, 0.3) is 0 Å². The summed E-state index contributed by atoms with van der Waals surface area (Å²) in [5, 5.41) is 6.28. The number of carbonyl (C=O) groups excluding carboxylic acids is 1. The molecule has 2 aliphatic heterocycles. The number of carbonyl (C=O) groups is 1. The minimum absolute atomic E-state index is 0.0963. The molecule has 0 bridgehead atoms. The van der Waals surface area contributed by atoms with E-state index in [1.807, 2.05) is 11.8 Å². The number of nitrogens with zero attached hydrogens (tertiary/aromatic N) is 2. The van der Waals surface area contributed by atoms with Gasteiger partial charge >= 0.3 is 6.03 Å². The summed E-state index contributed by atoms with van der Waals surface area (Å²) in [6, 6.07) is 0.0963. The fraction of sp³-hybridized carbons (Fsp3) is 0.923. The summed E-state index contributed by atoms with van der Waals surface area (Å²) in [5.74, 6) is 0.849. The topological polar surface area (TPSA) is 47.6 Å². The first-order valence-electron chi connectivity index (χ1n) is 7.25. The molecule has 2 N–H and O–H groups in total. The first-order chi connectivity index (χ1) is 8.79. The lowest BCUT2D eigenvalue weighted by molar-refractivity contribution is 0.121. The number of amides is 2. The van der Waals surface area contributed by atoms with E-state index in [0.717, 1.165) is 32.1 Å². The molecule has 0 radical (unpaired) electrons. The van der Waals surface area contributed by atoms with Gasteiger partial charge in [0.1, 0.15) is 0 Å². The number of nitrogens with one attached hydrogen (secondary N) is 2. The monoisotopic (exact) mass is 254 g/mol. The summed E-state index contributed by atoms with van der Waals surface area (Å²) < 4.78 is 0. The van der Waals surface area contributed by atoms with Crippen molar-refractivity contribution in [2.24, 2.45) is 5.92 Å². The Morgan fingerprint density at radius 3 is 2.50 bits per heavy atom. The standard InChI is InChI=1S/C13H26N4O/c1-2-15-13(18)17-9-7-16(8-10-17)11-12-3-5-14-6-4-12/h12,14H,2-11H2,1H3,(H,15,18). The van der Waals surface area contributed by atoms with Crippen LogP contribution in [0.2, 0.25) is 0 Å². The van der Waals surface area contributed by atoms with Gasteiger partial charge < -0.3 is 15.5 Å². The predicted molar refractivity (Wildman–Crippen MR) is 72.7 cm³/mol. The second-order valence-electron chi connectivity index (χ2n) is 5.32. The zero-order valence-corrected chi connectivity index (χ0v) is 11.5. The van der Waals surface area contributed by atoms with Gasteiger partial charge in [0.2, 0.25) is 0 Å². The highest BCUT2D eigenvalue weighted by Crippen LogP contribution is 2.14. The van der Waals surface area contributed by atoms with Crippen molar-refractivity contribution in [2.45, 2.75) is 19.8 Å². The molecule has 5 heteroatoms. The third-order valence-electron chi connectivity index (χ3n) is 3.96. The number of urea groups is 1. The summed E-state index contributed by atoms with van der Waals surface area (Å²) in [6.45, 7) is 10.0. The van der Waals surface area contributed by atoms with Gasteiger partial charge in [-0.2, -0.15) is 0 Å². The summed E-state index contributed by atoms with van der Waals surface area (Å²) in [7, 11) is 0. The maximum Gasteiger partial charge on any atom is 0.317 e. The third kappa shape index (κ3) is 3.85. The van der Waals surface area contributed by atoms with Gasteiger partial charge in [-0.15, -0.1) is 0 Å². The highest BCUT2D eigenvalue weighted by Gasteiger charge is 2.23. The molecule has 0 saturated carbocycles. The van der Waals surface area contributed by atoms with Gasteiger partial charge in [-0.25, -0.2) is 4.79 Å². The number of rotatable bonds is 3. The molecule has 2 saturated heterocycles. The molecule has 2 amide bonds. The van der Waals surface area contributed by atoms with Crippen molar-refractivity contribution in [1.82, 2.24) is 20.4 Å². The molecule has 2 fully saturated rings. The molecule has 0 spiro atoms. The molecule has 0 unspecified atom stereocenters. The maximum absolute atomic E-state index is 11.7. The molecule has 2 rings (SSSR count). The molecule has 18 heavy (non-hydrogen) atoms. The number of piperazine rings is 1. The Hall–Kier alpha value is -0.810. The molecular weight excluding hydrogens is 228 g/mol. The molecule has 0 aromatic heterocycles. The molecular formula is C13H26N4O. The highest BCUT2D eigenvalue weighted by atomic mass is 16.2. The van der Waals surface area contributed by atoms with Crippen molar-refractivity contribution < 1.29 is 4.79 Å². The number of hydrogen-bond donors (Lipinski definition) is 2. The zero-order chi connectivity index (χ0) is 12.8. The lowest BCUT2D eigenvalue weighted by Gasteiger charge is -2.37. The average molecular weight is 254 g/mol. The van der Waals surface area contributed by atoms with Crippen LogP contribution in [0.4, 0.5) is 4.79 Å². The molecule has 0 atom stereocenters. The minimum Gasteiger partial charge on any atom is -0.338 e. The number of hydrogen-bond acceptors (Lipinski definition) is 3. The van der Waals surface area contributed by atoms with Crippen LogP contribution in [0.15, 0.2) is 0 Å². The average Bonchev–Trinajstić information content (AvgIpc) is 2.41. The summed E-state index contributed by atoms with van der Waals surface area (Å²) in [6.07, 6.45) is 2.60. The highest BCUT2D eigenvalue weighted by molar-refractivity contribution is 5.74. The van der Waals surface area contributed by atoms with E-state index in [2.05, 4.69) is 15.5 Å². The van der Waals surface area contributed by atoms with Gasteiger partial charge in [0.15, 0.2) is 0 Å². The van der Waals surface area contributed by atoms with Crippen LogP contribution in [0.1, 0.15) is 19.8 Å². The fourth-order valence-corrected chi connectivity index (χ4v) is 2.83. The first-order valence-corrected chi connectivity index (χ1v) is 7.25. The smallest absolute Gasteiger partial charge is 0.317 e. The maximum atomic E-state index is 11.7. The van der Waals surface area contributed by atoms with Gasteiger partial charge in [0.05, 0.1) is 0 Å². The van der Waals surface area contributed by atoms with Gasteiger partial charge in [-0.3, -0.25) is 4.90 Å². The van der Waals surface area contributed by atoms with Crippen LogP contribution in [-0.2, 0) is 0 Å². The quantitative estimate of drug-likeness (QED) is 0.763. The molecule has 2 heterocycles. The van der Waals surface area contributed by atoms with E-state index in [1.165, 1.54) is 32.5 Å². The molecule has 104 valence electrons. The van der Waals surface area contributed by atoms with E-state index in [4.69, 9.17) is 0 Å². The third-order valence-corrected chi connectivity index (χ3v) is 3.96. The Balaban J connectivity index is 1.68. The van der Waals surface area contributed by atoms with E-state index in [-0.39, 0.29) is 6.03 Å². The van der Waals surface area contributed by atoms with E-state index < -0.39 is 0 Å². The molecule has 2 aliphatic rings. The van der Waals surface area contributed by atoms with Crippen molar-refractivity contribution in [2.75, 3.05) is 52.4 Å². The molecule has 0 aromatic rings.